The van der Waals surface area contributed by atoms with E-state index < -0.39 is 5.97 Å². The standard InChI is InChI=1S/C25H27N3O3/c1-27(2)22-14-12-21(13-15-22)26-25(31)28(3)23-6-4-5-20(17-23)19-10-7-18(8-11-19)9-16-24(29)30/h4-8,10-15,17H,9,16H2,1-3H3,(H,26,31)(H,29,30). The fraction of sp³-hybridized carbons (Fsp3) is 0.200. The van der Waals surface area contributed by atoms with Crippen LogP contribution < -0.4 is 15.1 Å². The Morgan fingerprint density at radius 2 is 1.52 bits per heavy atom. The van der Waals surface area contributed by atoms with E-state index in [-0.39, 0.29) is 12.5 Å². The number of urea groups is 1. The largest absolute Gasteiger partial charge is 0.481 e. The van der Waals surface area contributed by atoms with E-state index in [0.29, 0.717) is 6.42 Å². The Morgan fingerprint density at radius 1 is 0.839 bits per heavy atom. The molecule has 3 aromatic carbocycles. The molecule has 0 heterocycles. The van der Waals surface area contributed by atoms with Crippen molar-refractivity contribution in [3.05, 3.63) is 78.4 Å². The molecule has 0 unspecified atom stereocenters. The summed E-state index contributed by atoms with van der Waals surface area (Å²) in [6.07, 6.45) is 0.626. The minimum Gasteiger partial charge on any atom is -0.481 e. The van der Waals surface area contributed by atoms with Crippen molar-refractivity contribution in [2.24, 2.45) is 0 Å². The molecule has 0 saturated carbocycles. The number of benzene rings is 3. The minimum atomic E-state index is -0.799. The number of hydrogen-bond donors (Lipinski definition) is 2. The molecule has 2 N–H and O–H groups in total. The fourth-order valence-electron chi connectivity index (χ4n) is 3.18. The van der Waals surface area contributed by atoms with Gasteiger partial charge in [0.05, 0.1) is 0 Å². The lowest BCUT2D eigenvalue weighted by atomic mass is 10.0. The first-order chi connectivity index (χ1) is 14.8. The van der Waals surface area contributed by atoms with Gasteiger partial charge in [-0.05, 0) is 59.5 Å². The molecular formula is C25H27N3O3. The van der Waals surface area contributed by atoms with Gasteiger partial charge in [0.2, 0.25) is 0 Å². The number of carboxylic acid groups (broad SMARTS) is 1. The average molecular weight is 418 g/mol. The van der Waals surface area contributed by atoms with Crippen molar-refractivity contribution in [2.45, 2.75) is 12.8 Å². The highest BCUT2D eigenvalue weighted by molar-refractivity contribution is 6.01. The minimum absolute atomic E-state index is 0.118. The van der Waals surface area contributed by atoms with E-state index >= 15 is 0 Å². The first-order valence-corrected chi connectivity index (χ1v) is 10.1. The van der Waals surface area contributed by atoms with Crippen LogP contribution in [-0.4, -0.2) is 38.2 Å². The van der Waals surface area contributed by atoms with Gasteiger partial charge in [0.1, 0.15) is 0 Å². The summed E-state index contributed by atoms with van der Waals surface area (Å²) in [6, 6.07) is 23.0. The van der Waals surface area contributed by atoms with Gasteiger partial charge in [-0.3, -0.25) is 9.69 Å². The Hall–Kier alpha value is -3.80. The highest BCUT2D eigenvalue weighted by Crippen LogP contribution is 2.25. The average Bonchev–Trinajstić information content (AvgIpc) is 2.78. The zero-order valence-corrected chi connectivity index (χ0v) is 18.0. The number of rotatable bonds is 7. The van der Waals surface area contributed by atoms with Crippen LogP contribution in [0, 0.1) is 0 Å². The predicted octanol–water partition coefficient (Wildman–Crippen LogP) is 5.11. The summed E-state index contributed by atoms with van der Waals surface area (Å²) < 4.78 is 0. The third-order valence-corrected chi connectivity index (χ3v) is 5.09. The molecule has 6 heteroatoms. The normalized spacial score (nSPS) is 10.4. The highest BCUT2D eigenvalue weighted by Gasteiger charge is 2.12. The van der Waals surface area contributed by atoms with E-state index in [0.717, 1.165) is 33.8 Å². The van der Waals surface area contributed by atoms with Gasteiger partial charge < -0.3 is 15.3 Å². The Labute approximate surface area is 182 Å². The fourth-order valence-corrected chi connectivity index (χ4v) is 3.18. The van der Waals surface area contributed by atoms with Gasteiger partial charge >= 0.3 is 12.0 Å². The molecule has 0 bridgehead atoms. The van der Waals surface area contributed by atoms with E-state index in [1.807, 2.05) is 91.8 Å². The van der Waals surface area contributed by atoms with Gasteiger partial charge in [-0.25, -0.2) is 4.79 Å². The van der Waals surface area contributed by atoms with Crippen LogP contribution in [0.1, 0.15) is 12.0 Å². The second-order valence-electron chi connectivity index (χ2n) is 7.57. The van der Waals surface area contributed by atoms with E-state index in [2.05, 4.69) is 5.32 Å². The Balaban J connectivity index is 1.69. The van der Waals surface area contributed by atoms with Crippen LogP contribution in [0.15, 0.2) is 72.8 Å². The molecule has 0 atom stereocenters. The smallest absolute Gasteiger partial charge is 0.326 e. The zero-order chi connectivity index (χ0) is 22.4. The summed E-state index contributed by atoms with van der Waals surface area (Å²) in [4.78, 5) is 27.0. The quantitative estimate of drug-likeness (QED) is 0.561. The monoisotopic (exact) mass is 417 g/mol. The van der Waals surface area contributed by atoms with Gasteiger partial charge in [-0.15, -0.1) is 0 Å². The molecule has 3 aromatic rings. The third kappa shape index (κ3) is 5.85. The van der Waals surface area contributed by atoms with Crippen LogP contribution in [0.3, 0.4) is 0 Å². The van der Waals surface area contributed by atoms with Crippen molar-refractivity contribution in [3.63, 3.8) is 0 Å². The third-order valence-electron chi connectivity index (χ3n) is 5.09. The van der Waals surface area contributed by atoms with Crippen LogP contribution in [0.5, 0.6) is 0 Å². The number of nitrogens with one attached hydrogen (secondary N) is 1. The molecule has 0 radical (unpaired) electrons. The Kier molecular flexibility index (Phi) is 6.92. The van der Waals surface area contributed by atoms with Crippen LogP contribution in [0.2, 0.25) is 0 Å². The van der Waals surface area contributed by atoms with Gasteiger partial charge in [-0.2, -0.15) is 0 Å². The lowest BCUT2D eigenvalue weighted by molar-refractivity contribution is -0.136. The Morgan fingerprint density at radius 3 is 2.13 bits per heavy atom. The molecule has 0 aliphatic carbocycles. The number of nitrogens with zero attached hydrogens (tertiary/aromatic N) is 2. The van der Waals surface area contributed by atoms with Crippen molar-refractivity contribution in [1.29, 1.82) is 0 Å². The number of aryl methyl sites for hydroxylation is 1. The van der Waals surface area contributed by atoms with Gasteiger partial charge in [0, 0.05) is 44.6 Å². The molecule has 0 aliphatic heterocycles. The molecular weight excluding hydrogens is 390 g/mol. The topological polar surface area (TPSA) is 72.9 Å². The SMILES string of the molecule is CN(C)c1ccc(NC(=O)N(C)c2cccc(-c3ccc(CCC(=O)O)cc3)c2)cc1. The molecule has 0 fully saturated rings. The molecule has 0 spiro atoms. The molecule has 160 valence electrons. The van der Waals surface area contributed by atoms with Gasteiger partial charge in [0.25, 0.3) is 0 Å². The maximum Gasteiger partial charge on any atom is 0.326 e. The molecule has 2 amide bonds. The summed E-state index contributed by atoms with van der Waals surface area (Å²) in [5.41, 5.74) is 5.55. The number of carbonyl (C=O) groups excluding carboxylic acids is 1. The summed E-state index contributed by atoms with van der Waals surface area (Å²) in [5.74, 6) is -0.799. The van der Waals surface area contributed by atoms with Crippen LogP contribution in [0.25, 0.3) is 11.1 Å². The van der Waals surface area contributed by atoms with Gasteiger partial charge in [-0.1, -0.05) is 36.4 Å². The zero-order valence-electron chi connectivity index (χ0n) is 18.0. The lowest BCUT2D eigenvalue weighted by Crippen LogP contribution is -2.31. The van der Waals surface area contributed by atoms with Crippen molar-refractivity contribution in [1.82, 2.24) is 0 Å². The molecule has 31 heavy (non-hydrogen) atoms. The summed E-state index contributed by atoms with van der Waals surface area (Å²) in [7, 11) is 5.67. The Bertz CT molecular complexity index is 1040. The van der Waals surface area contributed by atoms with Gasteiger partial charge in [0.15, 0.2) is 0 Å². The number of carboxylic acids is 1. The van der Waals surface area contributed by atoms with Crippen molar-refractivity contribution in [3.8, 4) is 11.1 Å². The first-order valence-electron chi connectivity index (χ1n) is 10.1. The second-order valence-corrected chi connectivity index (χ2v) is 7.57. The molecule has 0 saturated heterocycles. The maximum absolute atomic E-state index is 12.7. The van der Waals surface area contributed by atoms with Crippen molar-refractivity contribution < 1.29 is 14.7 Å². The number of aliphatic carboxylic acids is 1. The van der Waals surface area contributed by atoms with E-state index in [4.69, 9.17) is 5.11 Å². The van der Waals surface area contributed by atoms with Crippen LogP contribution >= 0.6 is 0 Å². The van der Waals surface area contributed by atoms with Crippen molar-refractivity contribution in [2.75, 3.05) is 36.3 Å². The summed E-state index contributed by atoms with van der Waals surface area (Å²) >= 11 is 0. The van der Waals surface area contributed by atoms with E-state index in [1.54, 1.807) is 11.9 Å². The number of hydrogen-bond acceptors (Lipinski definition) is 3. The summed E-state index contributed by atoms with van der Waals surface area (Å²) in [6.45, 7) is 0. The number of anilines is 3. The maximum atomic E-state index is 12.7. The summed E-state index contributed by atoms with van der Waals surface area (Å²) in [5, 5.41) is 11.7. The molecule has 6 nitrogen and oxygen atoms in total. The molecule has 0 aliphatic rings. The van der Waals surface area contributed by atoms with Crippen molar-refractivity contribution >= 4 is 29.1 Å². The van der Waals surface area contributed by atoms with Crippen LogP contribution in [-0.2, 0) is 11.2 Å². The first kappa shape index (κ1) is 21.9. The molecule has 0 aromatic heterocycles. The number of amides is 2. The highest BCUT2D eigenvalue weighted by atomic mass is 16.4. The second kappa shape index (κ2) is 9.80. The van der Waals surface area contributed by atoms with E-state index in [9.17, 15) is 9.59 Å². The van der Waals surface area contributed by atoms with Crippen LogP contribution in [0.4, 0.5) is 21.9 Å². The molecule has 3 rings (SSSR count). The van der Waals surface area contributed by atoms with E-state index in [1.165, 1.54) is 0 Å². The predicted molar refractivity (Wildman–Crippen MR) is 126 cm³/mol. The lowest BCUT2D eigenvalue weighted by Gasteiger charge is -2.19. The number of carbonyl (C=O) groups is 2.